The number of pyridine rings is 2. The second-order valence-electron chi connectivity index (χ2n) is 50.4. The zero-order chi connectivity index (χ0) is 99.8. The largest absolute Gasteiger partial charge is 0.454 e. The molecule has 4 spiro atoms. The standard InChI is InChI=1S/C25H31NO.C25H29N.C24H28N2.C22H27NO.C21H25N.C17H20N2/c1-17-12-13-20-19-10-6-7-11-21(19)27-23(20)22(17)26-18(2)25(16-24(26,3)4)14-8-5-9-15-25;1-16-7-3-5-9-23(16)26-17(2)25(22-8-4-6-10-24(22)26)20-12-18-11-19(14-20)15-21(25)13-18;1-15-6-3-4-8-22(15)26-16(2)24(21-7-5-9-25-23(21)26)19-11-17-10-18(13-19)14-20(24)12-17;1-14-11-12-17-16-9-7-8-10-18(16)24-20(17)19(14)23-15(2)21(3,4)13-22(23,5)6;1-16-10-4-6-12-19(16)22-17(2)21(14-8-3-9-15-21)18-11-5-7-13-20(18)22;1-12-8-5-6-10-15(12)19-13(2)17(3,4)14-9-7-11-18-16(14)19/h6-7,10-13,18H,5,8-9,14-16H2,1-4H3;3-10,17-21H,11-15H2,1-2H3;3-9,16-20H,10-14H2,1-2H3;7-12,15H,13H2,1-6H3;4-7,10-13,17H,3,8-9,14-15H2,1-2H3;5-11,13H,1-4H3. The van der Waals surface area contributed by atoms with Crippen LogP contribution in [0.5, 0.6) is 0 Å². The maximum Gasteiger partial charge on any atom is 0.158 e. The number of furan rings is 2. The molecule has 14 aromatic rings. The number of anilines is 10. The molecule has 30 rings (SSSR count). The molecule has 10 nitrogen and oxygen atoms in total. The SMILES string of the molecule is Cc1ccc2c(oc3ccccc32)c1N1C(C)C(C)(C)CC1(C)C.Cc1ccc2c(oc3ccccc32)c1N1C(C)C2(CCCCC2)CC1(C)C.Cc1ccccc1N1c2ccccc2C2(C3CC4CC(C3)CC2C4)C1C.Cc1ccccc1N1c2ccccc2C2(CCCCC2)C1C.Cc1ccccc1N1c2ncccc2C(C)(C)C1C.Cc1ccccc1N1c2ncccc2C2(C3CC4CC(C3)CC2C4)C1C. The van der Waals surface area contributed by atoms with E-state index in [2.05, 4.69) is 403 Å². The maximum absolute atomic E-state index is 6.45. The fourth-order valence-corrected chi connectivity index (χ4v) is 34.9. The number of rotatable bonds is 6. The Morgan fingerprint density at radius 2 is 0.625 bits per heavy atom. The van der Waals surface area contributed by atoms with Crippen LogP contribution in [-0.4, -0.2) is 57.3 Å². The molecule has 10 heteroatoms. The van der Waals surface area contributed by atoms with Gasteiger partial charge in [0, 0.05) is 148 Å². The van der Waals surface area contributed by atoms with Gasteiger partial charge in [-0.05, 0) is 377 Å². The number of aryl methyl sites for hydroxylation is 6. The summed E-state index contributed by atoms with van der Waals surface area (Å²) in [5.41, 5.74) is 31.4. The minimum atomic E-state index is 0.112. The van der Waals surface area contributed by atoms with Crippen molar-refractivity contribution in [2.24, 2.45) is 58.2 Å². The first-order valence-electron chi connectivity index (χ1n) is 56.2. The highest BCUT2D eigenvalue weighted by atomic mass is 16.3. The van der Waals surface area contributed by atoms with Gasteiger partial charge in [-0.1, -0.05) is 248 Å². The van der Waals surface area contributed by atoms with E-state index in [1.807, 2.05) is 24.5 Å². The Kier molecular flexibility index (Phi) is 24.4. The van der Waals surface area contributed by atoms with Crippen LogP contribution in [0, 0.1) is 99.7 Å². The van der Waals surface area contributed by atoms with E-state index in [1.165, 1.54) is 253 Å². The molecular weight excluding hydrogens is 1750 g/mol. The van der Waals surface area contributed by atoms with Gasteiger partial charge in [-0.3, -0.25) is 0 Å². The molecule has 8 bridgehead atoms. The lowest BCUT2D eigenvalue weighted by Gasteiger charge is -2.62. The zero-order valence-electron chi connectivity index (χ0n) is 90.3. The number of nitrogens with zero attached hydrogens (tertiary/aromatic N) is 8. The lowest BCUT2D eigenvalue weighted by atomic mass is 9.42. The van der Waals surface area contributed by atoms with Crippen molar-refractivity contribution in [2.75, 3.05) is 29.4 Å². The fourth-order valence-electron chi connectivity index (χ4n) is 34.9. The van der Waals surface area contributed by atoms with Crippen LogP contribution in [0.25, 0.3) is 43.9 Å². The molecule has 6 unspecified atom stereocenters. The van der Waals surface area contributed by atoms with Crippen molar-refractivity contribution in [1.29, 1.82) is 0 Å². The van der Waals surface area contributed by atoms with Crippen LogP contribution >= 0.6 is 0 Å². The van der Waals surface area contributed by atoms with Gasteiger partial charge in [-0.15, -0.1) is 0 Å². The predicted octanol–water partition coefficient (Wildman–Crippen LogP) is 35.3. The molecule has 0 radical (unpaired) electrons. The van der Waals surface area contributed by atoms with E-state index in [-0.39, 0.29) is 21.9 Å². The molecule has 6 aliphatic heterocycles. The van der Waals surface area contributed by atoms with Crippen molar-refractivity contribution in [2.45, 2.75) is 349 Å². The molecule has 10 aliphatic carbocycles. The summed E-state index contributed by atoms with van der Waals surface area (Å²) in [5.74, 6) is 9.89. The number of para-hydroxylation sites is 8. The average Bonchev–Trinajstić information content (AvgIpc) is 1.50. The molecule has 0 N–H and O–H groups in total. The van der Waals surface area contributed by atoms with E-state index >= 15 is 0 Å². The second kappa shape index (κ2) is 36.5. The van der Waals surface area contributed by atoms with Crippen LogP contribution in [0.4, 0.5) is 57.1 Å². The van der Waals surface area contributed by atoms with Crippen LogP contribution in [0.15, 0.2) is 264 Å². The Morgan fingerprint density at radius 1 is 0.278 bits per heavy atom. The minimum absolute atomic E-state index is 0.112. The number of hydrogen-bond donors (Lipinski definition) is 0. The maximum atomic E-state index is 6.45. The van der Waals surface area contributed by atoms with Gasteiger partial charge in [0.2, 0.25) is 0 Å². The zero-order valence-corrected chi connectivity index (χ0v) is 90.3. The first-order chi connectivity index (χ1) is 69.3. The Bertz CT molecular complexity index is 6940. The molecule has 0 amide bonds. The Balaban J connectivity index is 0.0000000960. The fraction of sp³-hybridized carbons (Fsp3) is 0.478. The number of aromatic nitrogens is 2. The Morgan fingerprint density at radius 3 is 1.08 bits per heavy atom. The summed E-state index contributed by atoms with van der Waals surface area (Å²) in [7, 11) is 0. The lowest BCUT2D eigenvalue weighted by Crippen LogP contribution is -2.60. The molecule has 10 aromatic carbocycles. The normalized spacial score (nSPS) is 28.8. The topological polar surface area (TPSA) is 71.5 Å². The predicted molar refractivity (Wildman–Crippen MR) is 605 cm³/mol. The van der Waals surface area contributed by atoms with Gasteiger partial charge in [-0.25, -0.2) is 9.97 Å². The molecule has 16 aliphatic rings. The third kappa shape index (κ3) is 15.2. The first-order valence-corrected chi connectivity index (χ1v) is 56.2. The summed E-state index contributed by atoms with van der Waals surface area (Å²) in [6, 6.07) is 91.4. The molecular formula is C134H160N8O2. The van der Waals surface area contributed by atoms with Gasteiger partial charge in [0.15, 0.2) is 11.2 Å². The third-order valence-electron chi connectivity index (χ3n) is 41.1. The van der Waals surface area contributed by atoms with E-state index in [9.17, 15) is 0 Å². The van der Waals surface area contributed by atoms with E-state index in [1.54, 1.807) is 16.7 Å². The van der Waals surface area contributed by atoms with Crippen LogP contribution in [0.3, 0.4) is 0 Å². The van der Waals surface area contributed by atoms with Gasteiger partial charge in [0.1, 0.15) is 22.8 Å². The van der Waals surface area contributed by atoms with Crippen LogP contribution in [-0.2, 0) is 21.7 Å². The quantitative estimate of drug-likeness (QED) is 0.161. The lowest BCUT2D eigenvalue weighted by molar-refractivity contribution is -0.0655. The summed E-state index contributed by atoms with van der Waals surface area (Å²) < 4.78 is 12.8. The van der Waals surface area contributed by atoms with E-state index in [0.29, 0.717) is 57.9 Å². The summed E-state index contributed by atoms with van der Waals surface area (Å²) in [6.07, 6.45) is 34.9. The second-order valence-corrected chi connectivity index (χ2v) is 50.4. The highest BCUT2D eigenvalue weighted by molar-refractivity contribution is 6.11. The van der Waals surface area contributed by atoms with Crippen molar-refractivity contribution in [3.05, 3.63) is 311 Å². The molecule has 4 aromatic heterocycles. The van der Waals surface area contributed by atoms with Crippen molar-refractivity contribution >= 4 is 101 Å². The summed E-state index contributed by atoms with van der Waals surface area (Å²) >= 11 is 0. The van der Waals surface area contributed by atoms with Crippen LogP contribution < -0.4 is 29.4 Å². The highest BCUT2D eigenvalue weighted by Gasteiger charge is 2.67. The first kappa shape index (κ1) is 96.4. The van der Waals surface area contributed by atoms with Gasteiger partial charge >= 0.3 is 0 Å². The van der Waals surface area contributed by atoms with Gasteiger partial charge in [-0.2, -0.15) is 0 Å². The third-order valence-corrected chi connectivity index (χ3v) is 41.1. The number of fused-ring (bicyclic) bond motifs is 11. The summed E-state index contributed by atoms with van der Waals surface area (Å²) in [6.45, 7) is 46.9. The monoisotopic (exact) mass is 1910 g/mol. The molecule has 2 saturated heterocycles. The molecule has 10 saturated carbocycles. The summed E-state index contributed by atoms with van der Waals surface area (Å²) in [4.78, 5) is 25.2. The van der Waals surface area contributed by atoms with E-state index < -0.39 is 0 Å². The van der Waals surface area contributed by atoms with Crippen molar-refractivity contribution in [3.63, 3.8) is 0 Å². The Hall–Kier alpha value is -11.1. The van der Waals surface area contributed by atoms with Crippen LogP contribution in [0.1, 0.15) is 294 Å². The summed E-state index contributed by atoms with van der Waals surface area (Å²) in [5, 5.41) is 4.90. The average molecular weight is 1910 g/mol. The van der Waals surface area contributed by atoms with Gasteiger partial charge < -0.3 is 38.2 Å². The van der Waals surface area contributed by atoms with Crippen LogP contribution in [0.2, 0.25) is 0 Å². The molecule has 748 valence electrons. The highest BCUT2D eigenvalue weighted by Crippen LogP contribution is 2.72. The van der Waals surface area contributed by atoms with E-state index in [4.69, 9.17) is 13.8 Å². The Labute approximate surface area is 861 Å². The van der Waals surface area contributed by atoms with Crippen molar-refractivity contribution < 1.29 is 8.83 Å². The molecule has 12 fully saturated rings. The minimum Gasteiger partial charge on any atom is -0.454 e. The van der Waals surface area contributed by atoms with E-state index in [0.717, 1.165) is 75.5 Å². The smallest absolute Gasteiger partial charge is 0.158 e. The number of hydrogen-bond acceptors (Lipinski definition) is 10. The van der Waals surface area contributed by atoms with Gasteiger partial charge in [0.25, 0.3) is 0 Å². The molecule has 6 atom stereocenters. The molecule has 10 heterocycles. The van der Waals surface area contributed by atoms with Crippen molar-refractivity contribution in [3.8, 4) is 0 Å². The number of benzene rings is 10. The molecule has 144 heavy (non-hydrogen) atoms. The van der Waals surface area contributed by atoms with Gasteiger partial charge in [0.05, 0.1) is 11.4 Å². The van der Waals surface area contributed by atoms with Crippen molar-refractivity contribution in [1.82, 2.24) is 9.97 Å².